The molecule has 0 amide bonds. The Balaban J connectivity index is 1.28. The minimum absolute atomic E-state index is 0.0511. The van der Waals surface area contributed by atoms with Crippen LogP contribution in [-0.2, 0) is 20.8 Å². The van der Waals surface area contributed by atoms with Gasteiger partial charge < -0.3 is 14.2 Å². The Morgan fingerprint density at radius 2 is 1.91 bits per heavy atom. The Morgan fingerprint density at radius 3 is 2.72 bits per heavy atom. The number of morpholine rings is 1. The van der Waals surface area contributed by atoms with E-state index in [1.807, 2.05) is 18.2 Å². The van der Waals surface area contributed by atoms with Crippen LogP contribution in [0.4, 0.5) is 0 Å². The van der Waals surface area contributed by atoms with Gasteiger partial charge in [-0.1, -0.05) is 24.3 Å². The quantitative estimate of drug-likeness (QED) is 0.306. The number of ether oxygens (including phenoxy) is 3. The SMILES string of the molecule is COC(=O)CC(=O)c1ccc(OCC2CN(Cc3ccc4ccccc4n3)CCO2)cc1. The summed E-state index contributed by atoms with van der Waals surface area (Å²) in [6.07, 6.45) is -0.320. The summed E-state index contributed by atoms with van der Waals surface area (Å²) in [5, 5.41) is 1.14. The molecule has 7 heteroatoms. The van der Waals surface area contributed by atoms with E-state index in [1.54, 1.807) is 24.3 Å². The van der Waals surface area contributed by atoms with Gasteiger partial charge in [-0.25, -0.2) is 0 Å². The molecule has 1 aliphatic rings. The molecule has 0 N–H and O–H groups in total. The minimum atomic E-state index is -0.548. The topological polar surface area (TPSA) is 78.0 Å². The normalized spacial score (nSPS) is 16.6. The van der Waals surface area contributed by atoms with Gasteiger partial charge in [-0.15, -0.1) is 0 Å². The smallest absolute Gasteiger partial charge is 0.313 e. The number of aromatic nitrogens is 1. The molecule has 7 nitrogen and oxygen atoms in total. The Kier molecular flexibility index (Phi) is 7.09. The molecule has 0 saturated carbocycles. The molecule has 0 bridgehead atoms. The second-order valence-electron chi connectivity index (χ2n) is 7.73. The number of benzene rings is 2. The van der Waals surface area contributed by atoms with Crippen molar-refractivity contribution in [2.45, 2.75) is 19.1 Å². The van der Waals surface area contributed by atoms with E-state index >= 15 is 0 Å². The van der Waals surface area contributed by atoms with Crippen molar-refractivity contribution in [3.8, 4) is 5.75 Å². The number of hydrogen-bond acceptors (Lipinski definition) is 7. The molecule has 1 atom stereocenters. The lowest BCUT2D eigenvalue weighted by atomic mass is 10.1. The van der Waals surface area contributed by atoms with E-state index in [4.69, 9.17) is 14.5 Å². The summed E-state index contributed by atoms with van der Waals surface area (Å²) >= 11 is 0. The summed E-state index contributed by atoms with van der Waals surface area (Å²) in [6.45, 7) is 3.42. The Morgan fingerprint density at radius 1 is 1.09 bits per heavy atom. The summed E-state index contributed by atoms with van der Waals surface area (Å²) in [6, 6.07) is 19.1. The predicted molar refractivity (Wildman–Crippen MR) is 120 cm³/mol. The number of methoxy groups -OCH3 is 1. The van der Waals surface area contributed by atoms with Crippen LogP contribution < -0.4 is 4.74 Å². The fraction of sp³-hybridized carbons (Fsp3) is 0.320. The highest BCUT2D eigenvalue weighted by atomic mass is 16.5. The molecule has 2 aromatic carbocycles. The molecular formula is C25H26N2O5. The summed E-state index contributed by atoms with van der Waals surface area (Å²) in [5.41, 5.74) is 2.50. The van der Waals surface area contributed by atoms with Gasteiger partial charge in [0.2, 0.25) is 0 Å². The minimum Gasteiger partial charge on any atom is -0.491 e. The number of fused-ring (bicyclic) bond motifs is 1. The largest absolute Gasteiger partial charge is 0.491 e. The first-order valence-corrected chi connectivity index (χ1v) is 10.6. The number of hydrogen-bond donors (Lipinski definition) is 0. The van der Waals surface area contributed by atoms with Gasteiger partial charge in [0.05, 0.1) is 24.9 Å². The highest BCUT2D eigenvalue weighted by Gasteiger charge is 2.22. The second kappa shape index (κ2) is 10.3. The Bertz CT molecular complexity index is 1080. The molecule has 4 rings (SSSR count). The zero-order valence-electron chi connectivity index (χ0n) is 18.0. The van der Waals surface area contributed by atoms with Crippen molar-refractivity contribution in [1.29, 1.82) is 0 Å². The summed E-state index contributed by atoms with van der Waals surface area (Å²) in [7, 11) is 1.26. The standard InChI is InChI=1S/C25H26N2O5/c1-30-25(29)14-24(28)19-7-10-21(11-8-19)32-17-22-16-27(12-13-31-22)15-20-9-6-18-4-2-3-5-23(18)26-20/h2-11,22H,12-17H2,1H3. The molecule has 32 heavy (non-hydrogen) atoms. The summed E-state index contributed by atoms with van der Waals surface area (Å²) < 4.78 is 16.3. The van der Waals surface area contributed by atoms with Crippen molar-refractivity contribution in [1.82, 2.24) is 9.88 Å². The molecule has 0 aliphatic carbocycles. The van der Waals surface area contributed by atoms with Crippen LogP contribution in [0.2, 0.25) is 0 Å². The van der Waals surface area contributed by atoms with Crippen LogP contribution in [0.3, 0.4) is 0 Å². The molecular weight excluding hydrogens is 408 g/mol. The van der Waals surface area contributed by atoms with Crippen LogP contribution in [0.1, 0.15) is 22.5 Å². The number of ketones is 1. The van der Waals surface area contributed by atoms with Crippen molar-refractivity contribution in [3.63, 3.8) is 0 Å². The van der Waals surface area contributed by atoms with Crippen molar-refractivity contribution >= 4 is 22.7 Å². The lowest BCUT2D eigenvalue weighted by Crippen LogP contribution is -2.44. The van der Waals surface area contributed by atoms with Gasteiger partial charge >= 0.3 is 5.97 Å². The maximum absolute atomic E-state index is 12.0. The molecule has 166 valence electrons. The van der Waals surface area contributed by atoms with E-state index in [0.29, 0.717) is 24.5 Å². The van der Waals surface area contributed by atoms with E-state index in [2.05, 4.69) is 27.8 Å². The van der Waals surface area contributed by atoms with Crippen LogP contribution >= 0.6 is 0 Å². The molecule has 1 aromatic heterocycles. The van der Waals surface area contributed by atoms with E-state index in [1.165, 1.54) is 7.11 Å². The lowest BCUT2D eigenvalue weighted by molar-refractivity contribution is -0.139. The Hall–Kier alpha value is -3.29. The first-order valence-electron chi connectivity index (χ1n) is 10.6. The summed E-state index contributed by atoms with van der Waals surface area (Å²) in [4.78, 5) is 30.4. The van der Waals surface area contributed by atoms with Crippen molar-refractivity contribution in [3.05, 3.63) is 71.9 Å². The number of Topliss-reactive ketones (excluding diaryl/α,β-unsaturated/α-hetero) is 1. The fourth-order valence-electron chi connectivity index (χ4n) is 3.68. The van der Waals surface area contributed by atoms with Crippen LogP contribution in [0.5, 0.6) is 5.75 Å². The van der Waals surface area contributed by atoms with E-state index in [9.17, 15) is 9.59 Å². The number of carbonyl (C=O) groups is 2. The van der Waals surface area contributed by atoms with Gasteiger partial charge in [-0.05, 0) is 36.4 Å². The average Bonchev–Trinajstić information content (AvgIpc) is 2.83. The van der Waals surface area contributed by atoms with Gasteiger partial charge in [0.1, 0.15) is 24.9 Å². The van der Waals surface area contributed by atoms with Gasteiger partial charge in [0.25, 0.3) is 0 Å². The molecule has 1 aliphatic heterocycles. The van der Waals surface area contributed by atoms with E-state index in [0.717, 1.165) is 36.2 Å². The molecule has 1 saturated heterocycles. The lowest BCUT2D eigenvalue weighted by Gasteiger charge is -2.32. The first-order chi connectivity index (χ1) is 15.6. The van der Waals surface area contributed by atoms with Crippen LogP contribution in [-0.4, -0.2) is 61.2 Å². The number of rotatable bonds is 8. The third-order valence-electron chi connectivity index (χ3n) is 5.41. The molecule has 1 unspecified atom stereocenters. The highest BCUT2D eigenvalue weighted by molar-refractivity contribution is 6.05. The second-order valence-corrected chi connectivity index (χ2v) is 7.73. The third-order valence-corrected chi connectivity index (χ3v) is 5.41. The highest BCUT2D eigenvalue weighted by Crippen LogP contribution is 2.17. The molecule has 0 spiro atoms. The zero-order valence-corrected chi connectivity index (χ0v) is 18.0. The number of para-hydroxylation sites is 1. The summed E-state index contributed by atoms with van der Waals surface area (Å²) in [5.74, 6) is -0.179. The van der Waals surface area contributed by atoms with Crippen molar-refractivity contribution in [2.75, 3.05) is 33.4 Å². The number of pyridine rings is 1. The number of nitrogens with zero attached hydrogens (tertiary/aromatic N) is 2. The van der Waals surface area contributed by atoms with E-state index < -0.39 is 5.97 Å². The molecule has 3 aromatic rings. The van der Waals surface area contributed by atoms with Crippen molar-refractivity contribution < 1.29 is 23.8 Å². The zero-order chi connectivity index (χ0) is 22.3. The molecule has 2 heterocycles. The van der Waals surface area contributed by atoms with Crippen LogP contribution in [0.15, 0.2) is 60.7 Å². The van der Waals surface area contributed by atoms with Crippen molar-refractivity contribution in [2.24, 2.45) is 0 Å². The fourth-order valence-corrected chi connectivity index (χ4v) is 3.68. The third kappa shape index (κ3) is 5.69. The first kappa shape index (κ1) is 21.9. The molecule has 0 radical (unpaired) electrons. The van der Waals surface area contributed by atoms with Crippen LogP contribution in [0.25, 0.3) is 10.9 Å². The maximum Gasteiger partial charge on any atom is 0.313 e. The molecule has 1 fully saturated rings. The Labute approximate surface area is 186 Å². The monoisotopic (exact) mass is 434 g/mol. The number of carbonyl (C=O) groups excluding carboxylic acids is 2. The van der Waals surface area contributed by atoms with Gasteiger partial charge in [-0.2, -0.15) is 0 Å². The average molecular weight is 434 g/mol. The van der Waals surface area contributed by atoms with E-state index in [-0.39, 0.29) is 18.3 Å². The number of esters is 1. The van der Waals surface area contributed by atoms with Crippen LogP contribution in [0, 0.1) is 0 Å². The maximum atomic E-state index is 12.0. The van der Waals surface area contributed by atoms with Gasteiger partial charge in [0.15, 0.2) is 5.78 Å². The van der Waals surface area contributed by atoms with Gasteiger partial charge in [-0.3, -0.25) is 19.5 Å². The van der Waals surface area contributed by atoms with Gasteiger partial charge in [0, 0.05) is 30.6 Å². The predicted octanol–water partition coefficient (Wildman–Crippen LogP) is 3.26.